The molecule has 1 aromatic rings. The Kier molecular flexibility index (Phi) is 3.67. The molecule has 1 N–H and O–H groups in total. The monoisotopic (exact) mass is 280 g/mol. The van der Waals surface area contributed by atoms with Crippen molar-refractivity contribution in [1.29, 1.82) is 0 Å². The first-order chi connectivity index (χ1) is 9.09. The van der Waals surface area contributed by atoms with Gasteiger partial charge in [0.15, 0.2) is 0 Å². The standard InChI is InChI=1S/C15H24N2OS/c1-15(2)7-11(16-3)13-12(8-15)17-14(19-13)10-5-4-6-18-9-10/h10-11,16H,4-9H2,1-3H3. The van der Waals surface area contributed by atoms with Crippen LogP contribution in [-0.4, -0.2) is 25.2 Å². The SMILES string of the molecule is CNC1CC(C)(C)Cc2nc(C3CCCOC3)sc21. The van der Waals surface area contributed by atoms with Crippen LogP contribution in [0.5, 0.6) is 0 Å². The maximum atomic E-state index is 5.61. The van der Waals surface area contributed by atoms with Crippen LogP contribution in [0.3, 0.4) is 0 Å². The second kappa shape index (κ2) is 5.15. The number of hydrogen-bond donors (Lipinski definition) is 1. The summed E-state index contributed by atoms with van der Waals surface area (Å²) in [6, 6.07) is 0.481. The van der Waals surface area contributed by atoms with Gasteiger partial charge in [0.05, 0.1) is 17.3 Å². The van der Waals surface area contributed by atoms with Gasteiger partial charge in [-0.1, -0.05) is 13.8 Å². The van der Waals surface area contributed by atoms with Crippen molar-refractivity contribution in [3.05, 3.63) is 15.6 Å². The van der Waals surface area contributed by atoms with Crippen LogP contribution in [0.4, 0.5) is 0 Å². The van der Waals surface area contributed by atoms with Gasteiger partial charge < -0.3 is 10.1 Å². The number of nitrogens with one attached hydrogen (secondary N) is 1. The zero-order valence-corrected chi connectivity index (χ0v) is 13.0. The van der Waals surface area contributed by atoms with E-state index in [1.807, 2.05) is 11.3 Å². The van der Waals surface area contributed by atoms with Crippen molar-refractivity contribution in [2.45, 2.75) is 51.5 Å². The number of rotatable bonds is 2. The van der Waals surface area contributed by atoms with Crippen molar-refractivity contribution in [2.75, 3.05) is 20.3 Å². The molecule has 2 atom stereocenters. The maximum absolute atomic E-state index is 5.61. The van der Waals surface area contributed by atoms with Crippen molar-refractivity contribution in [2.24, 2.45) is 5.41 Å². The zero-order valence-electron chi connectivity index (χ0n) is 12.2. The first kappa shape index (κ1) is 13.5. The largest absolute Gasteiger partial charge is 0.381 e. The van der Waals surface area contributed by atoms with Gasteiger partial charge in [-0.2, -0.15) is 0 Å². The smallest absolute Gasteiger partial charge is 0.0985 e. The first-order valence-electron chi connectivity index (χ1n) is 7.33. The van der Waals surface area contributed by atoms with Crippen LogP contribution in [0.25, 0.3) is 0 Å². The molecular weight excluding hydrogens is 256 g/mol. The lowest BCUT2D eigenvalue weighted by Gasteiger charge is -2.34. The van der Waals surface area contributed by atoms with Crippen molar-refractivity contribution in [1.82, 2.24) is 10.3 Å². The van der Waals surface area contributed by atoms with Crippen LogP contribution in [0.2, 0.25) is 0 Å². The van der Waals surface area contributed by atoms with E-state index in [0.717, 1.165) is 19.6 Å². The molecule has 0 spiro atoms. The predicted molar refractivity (Wildman–Crippen MR) is 78.8 cm³/mol. The number of fused-ring (bicyclic) bond motifs is 1. The Morgan fingerprint density at radius 3 is 2.95 bits per heavy atom. The molecular formula is C15H24N2OS. The fourth-order valence-electron chi connectivity index (χ4n) is 3.30. The van der Waals surface area contributed by atoms with E-state index in [2.05, 4.69) is 26.2 Å². The summed E-state index contributed by atoms with van der Waals surface area (Å²) in [5.74, 6) is 0.532. The Labute approximate surface area is 119 Å². The van der Waals surface area contributed by atoms with Gasteiger partial charge in [-0.15, -0.1) is 11.3 Å². The molecule has 0 aromatic carbocycles. The van der Waals surface area contributed by atoms with E-state index in [1.54, 1.807) is 0 Å². The fourth-order valence-corrected chi connectivity index (χ4v) is 4.61. The van der Waals surface area contributed by atoms with Gasteiger partial charge in [-0.25, -0.2) is 4.98 Å². The van der Waals surface area contributed by atoms with Gasteiger partial charge in [-0.3, -0.25) is 0 Å². The lowest BCUT2D eigenvalue weighted by atomic mass is 9.76. The second-order valence-electron chi connectivity index (χ2n) is 6.66. The summed E-state index contributed by atoms with van der Waals surface area (Å²) in [4.78, 5) is 6.44. The molecule has 1 aliphatic carbocycles. The molecule has 0 radical (unpaired) electrons. The number of nitrogens with zero attached hydrogens (tertiary/aromatic N) is 1. The molecule has 106 valence electrons. The van der Waals surface area contributed by atoms with Gasteiger partial charge >= 0.3 is 0 Å². The van der Waals surface area contributed by atoms with Crippen molar-refractivity contribution in [3.8, 4) is 0 Å². The average molecular weight is 280 g/mol. The van der Waals surface area contributed by atoms with Gasteiger partial charge in [-0.05, 0) is 38.1 Å². The minimum absolute atomic E-state index is 0.356. The third-order valence-electron chi connectivity index (χ3n) is 4.32. The molecule has 0 saturated carbocycles. The molecule has 0 bridgehead atoms. The summed E-state index contributed by atoms with van der Waals surface area (Å²) in [7, 11) is 2.07. The average Bonchev–Trinajstić information content (AvgIpc) is 2.81. The van der Waals surface area contributed by atoms with Gasteiger partial charge in [0, 0.05) is 23.4 Å². The van der Waals surface area contributed by atoms with Crippen LogP contribution >= 0.6 is 11.3 Å². The minimum Gasteiger partial charge on any atom is -0.381 e. The first-order valence-corrected chi connectivity index (χ1v) is 8.15. The highest BCUT2D eigenvalue weighted by molar-refractivity contribution is 7.12. The zero-order chi connectivity index (χ0) is 13.5. The Morgan fingerprint density at radius 2 is 2.26 bits per heavy atom. The van der Waals surface area contributed by atoms with Crippen molar-refractivity contribution in [3.63, 3.8) is 0 Å². The quantitative estimate of drug-likeness (QED) is 0.903. The molecule has 19 heavy (non-hydrogen) atoms. The van der Waals surface area contributed by atoms with E-state index in [0.29, 0.717) is 17.4 Å². The summed E-state index contributed by atoms with van der Waals surface area (Å²) >= 11 is 1.92. The summed E-state index contributed by atoms with van der Waals surface area (Å²) in [6.45, 7) is 6.49. The van der Waals surface area contributed by atoms with Crippen LogP contribution in [0.1, 0.15) is 60.6 Å². The number of aromatic nitrogens is 1. The Morgan fingerprint density at radius 1 is 1.42 bits per heavy atom. The van der Waals surface area contributed by atoms with E-state index < -0.39 is 0 Å². The fraction of sp³-hybridized carbons (Fsp3) is 0.800. The Balaban J connectivity index is 1.88. The highest BCUT2D eigenvalue weighted by Gasteiger charge is 2.35. The van der Waals surface area contributed by atoms with Crippen LogP contribution in [0, 0.1) is 5.41 Å². The van der Waals surface area contributed by atoms with Gasteiger partial charge in [0.25, 0.3) is 0 Å². The summed E-state index contributed by atoms with van der Waals surface area (Å²) in [6.07, 6.45) is 4.74. The van der Waals surface area contributed by atoms with E-state index in [1.165, 1.54) is 34.8 Å². The highest BCUT2D eigenvalue weighted by Crippen LogP contribution is 2.44. The molecule has 3 rings (SSSR count). The molecule has 0 amide bonds. The van der Waals surface area contributed by atoms with E-state index in [4.69, 9.17) is 9.72 Å². The summed E-state index contributed by atoms with van der Waals surface area (Å²) in [5.41, 5.74) is 1.69. The lowest BCUT2D eigenvalue weighted by Crippen LogP contribution is -2.30. The number of thiazole rings is 1. The second-order valence-corrected chi connectivity index (χ2v) is 7.73. The molecule has 2 aliphatic rings. The molecule has 4 heteroatoms. The third kappa shape index (κ3) is 2.71. The third-order valence-corrected chi connectivity index (χ3v) is 5.70. The molecule has 2 heterocycles. The van der Waals surface area contributed by atoms with Crippen LogP contribution < -0.4 is 5.32 Å². The van der Waals surface area contributed by atoms with Crippen molar-refractivity contribution >= 4 is 11.3 Å². The predicted octanol–water partition coefficient (Wildman–Crippen LogP) is 3.27. The molecule has 2 unspecified atom stereocenters. The number of hydrogen-bond acceptors (Lipinski definition) is 4. The van der Waals surface area contributed by atoms with Gasteiger partial charge in [0.1, 0.15) is 0 Å². The van der Waals surface area contributed by atoms with Crippen LogP contribution in [0.15, 0.2) is 0 Å². The lowest BCUT2D eigenvalue weighted by molar-refractivity contribution is 0.0803. The summed E-state index contributed by atoms with van der Waals surface area (Å²) < 4.78 is 5.61. The Hall–Kier alpha value is -0.450. The molecule has 1 fully saturated rings. The van der Waals surface area contributed by atoms with Crippen molar-refractivity contribution < 1.29 is 4.74 Å². The molecule has 1 aliphatic heterocycles. The van der Waals surface area contributed by atoms with E-state index >= 15 is 0 Å². The summed E-state index contributed by atoms with van der Waals surface area (Å²) in [5, 5.41) is 4.78. The highest BCUT2D eigenvalue weighted by atomic mass is 32.1. The minimum atomic E-state index is 0.356. The Bertz CT molecular complexity index is 449. The van der Waals surface area contributed by atoms with E-state index in [-0.39, 0.29) is 0 Å². The molecule has 1 saturated heterocycles. The normalized spacial score (nSPS) is 30.1. The maximum Gasteiger partial charge on any atom is 0.0985 e. The van der Waals surface area contributed by atoms with E-state index in [9.17, 15) is 0 Å². The van der Waals surface area contributed by atoms with Crippen LogP contribution in [-0.2, 0) is 11.2 Å². The number of ether oxygens (including phenoxy) is 1. The molecule has 1 aromatic heterocycles. The molecule has 3 nitrogen and oxygen atoms in total. The van der Waals surface area contributed by atoms with Gasteiger partial charge in [0.2, 0.25) is 0 Å². The topological polar surface area (TPSA) is 34.2 Å².